The third-order valence-electron chi connectivity index (χ3n) is 9.63. The number of carbonyl (C=O) groups excluding carboxylic acids is 4. The molecule has 3 aromatic heterocycles. The van der Waals surface area contributed by atoms with Crippen LogP contribution in [0.3, 0.4) is 0 Å². The molecular formula is C41H40N10O6. The maximum absolute atomic E-state index is 13.7. The van der Waals surface area contributed by atoms with E-state index in [-0.39, 0.29) is 11.9 Å². The normalized spacial score (nSPS) is 15.3. The molecule has 1 aliphatic heterocycles. The standard InChI is InChI=1S/C41H40N10O6/c1-24(47-38(52)34(50-41(55)56-2)27-10-5-3-6-11-27)36-45-23-32(49-36)31-22-43-29(20-44-31)25-15-17-26(18-16-25)30-21-46-37(48-30)33-14-9-19-51(33)39(53)35(57-40(42)54)28-12-7-4-8-13-28/h3-8,10-13,15-18,20-24,33-35H,9,14,19H2,1-2H3,(H2,42,54)(H,45,49)(H,46,48)(H,47,52)(H,50,55)/t24?,33-,34?,35+/m0/s1. The molecule has 1 aliphatic rings. The Labute approximate surface area is 327 Å². The minimum atomic E-state index is -1.15. The lowest BCUT2D eigenvalue weighted by molar-refractivity contribution is -0.141. The Morgan fingerprint density at radius 1 is 0.772 bits per heavy atom. The molecule has 0 radical (unpaired) electrons. The van der Waals surface area contributed by atoms with Crippen LogP contribution in [-0.2, 0) is 19.1 Å². The maximum Gasteiger partial charge on any atom is 0.407 e. The summed E-state index contributed by atoms with van der Waals surface area (Å²) in [7, 11) is 1.24. The van der Waals surface area contributed by atoms with Gasteiger partial charge in [-0.15, -0.1) is 0 Å². The van der Waals surface area contributed by atoms with Crippen LogP contribution in [0, 0.1) is 0 Å². The van der Waals surface area contributed by atoms with Crippen LogP contribution in [-0.4, -0.2) is 72.5 Å². The van der Waals surface area contributed by atoms with Crippen molar-refractivity contribution >= 4 is 24.0 Å². The van der Waals surface area contributed by atoms with Gasteiger partial charge >= 0.3 is 12.2 Å². The molecule has 6 aromatic rings. The van der Waals surface area contributed by atoms with Crippen LogP contribution in [0.4, 0.5) is 9.59 Å². The van der Waals surface area contributed by atoms with Gasteiger partial charge in [-0.3, -0.25) is 19.6 Å². The predicted octanol–water partition coefficient (Wildman–Crippen LogP) is 5.70. The van der Waals surface area contributed by atoms with Crippen molar-refractivity contribution in [1.29, 1.82) is 0 Å². The number of likely N-dealkylation sites (tertiary alicyclic amines) is 1. The van der Waals surface area contributed by atoms with E-state index in [9.17, 15) is 19.2 Å². The van der Waals surface area contributed by atoms with Crippen LogP contribution in [0.5, 0.6) is 0 Å². The number of alkyl carbamates (subject to hydrolysis) is 1. The number of imidazole rings is 2. The summed E-state index contributed by atoms with van der Waals surface area (Å²) in [5.41, 5.74) is 10.8. The van der Waals surface area contributed by atoms with Crippen molar-refractivity contribution in [3.05, 3.63) is 132 Å². The van der Waals surface area contributed by atoms with Gasteiger partial charge in [0.15, 0.2) is 0 Å². The highest BCUT2D eigenvalue weighted by molar-refractivity contribution is 5.87. The van der Waals surface area contributed by atoms with Gasteiger partial charge in [0.2, 0.25) is 12.0 Å². The highest BCUT2D eigenvalue weighted by Crippen LogP contribution is 2.35. The van der Waals surface area contributed by atoms with Gasteiger partial charge in [-0.05, 0) is 30.9 Å². The fourth-order valence-corrected chi connectivity index (χ4v) is 6.73. The van der Waals surface area contributed by atoms with E-state index >= 15 is 0 Å². The second-order valence-corrected chi connectivity index (χ2v) is 13.4. The van der Waals surface area contributed by atoms with Crippen LogP contribution in [0.25, 0.3) is 33.9 Å². The van der Waals surface area contributed by atoms with Crippen molar-refractivity contribution in [3.8, 4) is 33.9 Å². The van der Waals surface area contributed by atoms with E-state index in [4.69, 9.17) is 15.2 Å². The van der Waals surface area contributed by atoms with Gasteiger partial charge in [-0.1, -0.05) is 84.9 Å². The number of methoxy groups -OCH3 is 1. The second kappa shape index (κ2) is 17.0. The molecule has 0 aliphatic carbocycles. The van der Waals surface area contributed by atoms with Gasteiger partial charge in [-0.25, -0.2) is 19.6 Å². The molecule has 290 valence electrons. The monoisotopic (exact) mass is 768 g/mol. The Morgan fingerprint density at radius 2 is 1.42 bits per heavy atom. The smallest absolute Gasteiger partial charge is 0.407 e. The number of aromatic nitrogens is 6. The topological polar surface area (TPSA) is 223 Å². The number of hydrogen-bond acceptors (Lipinski definition) is 10. The Bertz CT molecular complexity index is 2330. The van der Waals surface area contributed by atoms with Gasteiger partial charge in [-0.2, -0.15) is 0 Å². The summed E-state index contributed by atoms with van der Waals surface area (Å²) in [6.45, 7) is 2.27. The van der Waals surface area contributed by atoms with Gasteiger partial charge in [0.1, 0.15) is 23.4 Å². The summed E-state index contributed by atoms with van der Waals surface area (Å²) in [5.74, 6) is 0.343. The first-order chi connectivity index (χ1) is 27.7. The van der Waals surface area contributed by atoms with Crippen molar-refractivity contribution in [3.63, 3.8) is 0 Å². The fraction of sp³-hybridized carbons (Fsp3) is 0.220. The third-order valence-corrected chi connectivity index (χ3v) is 9.63. The zero-order chi connectivity index (χ0) is 39.9. The van der Waals surface area contributed by atoms with Crippen molar-refractivity contribution in [1.82, 2.24) is 45.4 Å². The van der Waals surface area contributed by atoms with Crippen LogP contribution in [0.2, 0.25) is 0 Å². The minimum Gasteiger partial charge on any atom is -0.453 e. The first kappa shape index (κ1) is 37.9. The van der Waals surface area contributed by atoms with Crippen molar-refractivity contribution < 1.29 is 28.7 Å². The molecule has 4 amide bonds. The molecule has 4 atom stereocenters. The molecule has 2 unspecified atom stereocenters. The minimum absolute atomic E-state index is 0.322. The molecule has 1 saturated heterocycles. The molecule has 7 rings (SSSR count). The number of carbonyl (C=O) groups is 4. The predicted molar refractivity (Wildman–Crippen MR) is 207 cm³/mol. The Hall–Kier alpha value is -7.36. The molecule has 0 saturated carbocycles. The number of rotatable bonds is 12. The highest BCUT2D eigenvalue weighted by atomic mass is 16.6. The molecule has 16 heteroatoms. The molecule has 1 fully saturated rings. The number of benzene rings is 3. The summed E-state index contributed by atoms with van der Waals surface area (Å²) < 4.78 is 9.99. The summed E-state index contributed by atoms with van der Waals surface area (Å²) >= 11 is 0. The largest absolute Gasteiger partial charge is 0.453 e. The van der Waals surface area contributed by atoms with Gasteiger partial charge in [0, 0.05) is 17.7 Å². The summed E-state index contributed by atoms with van der Waals surface area (Å²) in [6, 6.07) is 23.6. The van der Waals surface area contributed by atoms with Crippen molar-refractivity contribution in [2.45, 2.75) is 44.0 Å². The Kier molecular flexibility index (Phi) is 11.3. The molecule has 0 spiro atoms. The third kappa shape index (κ3) is 8.64. The summed E-state index contributed by atoms with van der Waals surface area (Å²) in [4.78, 5) is 77.2. The summed E-state index contributed by atoms with van der Waals surface area (Å²) in [5, 5.41) is 5.47. The van der Waals surface area contributed by atoms with Crippen LogP contribution < -0.4 is 16.4 Å². The van der Waals surface area contributed by atoms with Crippen LogP contribution in [0.15, 0.2) is 110 Å². The second-order valence-electron chi connectivity index (χ2n) is 13.4. The molecule has 3 aromatic carbocycles. The van der Waals surface area contributed by atoms with E-state index in [1.165, 1.54) is 7.11 Å². The van der Waals surface area contributed by atoms with Gasteiger partial charge in [0.25, 0.3) is 5.91 Å². The van der Waals surface area contributed by atoms with Gasteiger partial charge in [0.05, 0.1) is 61.1 Å². The van der Waals surface area contributed by atoms with E-state index in [2.05, 4.69) is 40.5 Å². The Morgan fingerprint density at radius 3 is 2.09 bits per heavy atom. The lowest BCUT2D eigenvalue weighted by Crippen LogP contribution is -2.41. The molecule has 0 bridgehead atoms. The molecule has 4 heterocycles. The molecule has 57 heavy (non-hydrogen) atoms. The number of amides is 4. The average molecular weight is 769 g/mol. The van der Waals surface area contributed by atoms with Crippen LogP contribution in [0.1, 0.15) is 66.8 Å². The van der Waals surface area contributed by atoms with E-state index in [0.29, 0.717) is 52.8 Å². The average Bonchev–Trinajstić information content (AvgIpc) is 4.04. The van der Waals surface area contributed by atoms with Crippen molar-refractivity contribution in [2.24, 2.45) is 5.73 Å². The number of primary amides is 1. The number of nitrogens with one attached hydrogen (secondary N) is 4. The number of hydrogen-bond donors (Lipinski definition) is 5. The quantitative estimate of drug-likeness (QED) is 0.102. The summed E-state index contributed by atoms with van der Waals surface area (Å²) in [6.07, 6.45) is 5.23. The maximum atomic E-state index is 13.7. The van der Waals surface area contributed by atoms with E-state index in [1.807, 2.05) is 36.4 Å². The SMILES string of the molecule is COC(=O)NC(C(=O)NC(C)c1ncc(-c2cnc(-c3ccc(-c4cnc([C@@H]5CCCN5C(=O)[C@H](OC(N)=O)c5ccccc5)[nH]4)cc3)cn2)[nH]1)c1ccccc1. The van der Waals surface area contributed by atoms with E-state index in [1.54, 1.807) is 85.1 Å². The molecule has 16 nitrogen and oxygen atoms in total. The highest BCUT2D eigenvalue weighted by Gasteiger charge is 2.38. The van der Waals surface area contributed by atoms with Gasteiger partial charge < -0.3 is 40.7 Å². The molecular weight excluding hydrogens is 729 g/mol. The lowest BCUT2D eigenvalue weighted by Gasteiger charge is -2.27. The number of nitrogens with zero attached hydrogens (tertiary/aromatic N) is 5. The fourth-order valence-electron chi connectivity index (χ4n) is 6.73. The van der Waals surface area contributed by atoms with E-state index in [0.717, 1.165) is 23.2 Å². The zero-order valence-electron chi connectivity index (χ0n) is 31.1. The van der Waals surface area contributed by atoms with Crippen molar-refractivity contribution in [2.75, 3.05) is 13.7 Å². The number of aromatic amines is 2. The number of nitrogens with two attached hydrogens (primary N) is 1. The number of ether oxygens (including phenoxy) is 2. The van der Waals surface area contributed by atoms with Crippen LogP contribution >= 0.6 is 0 Å². The zero-order valence-corrected chi connectivity index (χ0v) is 31.1. The van der Waals surface area contributed by atoms with E-state index < -0.39 is 36.3 Å². The first-order valence-electron chi connectivity index (χ1n) is 18.2. The lowest BCUT2D eigenvalue weighted by atomic mass is 10.1. The number of H-pyrrole nitrogens is 2. The Balaban J connectivity index is 0.990. The molecule has 6 N–H and O–H groups in total. The first-order valence-corrected chi connectivity index (χ1v) is 18.2.